The number of rotatable bonds is 6. The van der Waals surface area contributed by atoms with Gasteiger partial charge in [-0.1, -0.05) is 6.92 Å². The zero-order valence-corrected chi connectivity index (χ0v) is 12.6. The van der Waals surface area contributed by atoms with Gasteiger partial charge in [-0.25, -0.2) is 23.1 Å². The third kappa shape index (κ3) is 4.36. The molecule has 2 rings (SSSR count). The Morgan fingerprint density at radius 3 is 2.67 bits per heavy atom. The van der Waals surface area contributed by atoms with Crippen LogP contribution in [0.3, 0.4) is 0 Å². The van der Waals surface area contributed by atoms with Crippen molar-refractivity contribution in [1.82, 2.24) is 20.0 Å². The van der Waals surface area contributed by atoms with Crippen LogP contribution in [0.5, 0.6) is 0 Å². The molecule has 1 aliphatic rings. The smallest absolute Gasteiger partial charge is 0.243 e. The summed E-state index contributed by atoms with van der Waals surface area (Å²) in [5.74, 6) is 0.348. The number of nitrogens with zero attached hydrogens (tertiary/aromatic N) is 2. The molecule has 8 nitrogen and oxygen atoms in total. The van der Waals surface area contributed by atoms with Crippen LogP contribution in [0.25, 0.3) is 0 Å². The highest BCUT2D eigenvalue weighted by Crippen LogP contribution is 2.11. The van der Waals surface area contributed by atoms with E-state index >= 15 is 0 Å². The molecule has 1 fully saturated rings. The largest absolute Gasteiger partial charge is 0.355 e. The van der Waals surface area contributed by atoms with E-state index in [-0.39, 0.29) is 16.8 Å². The van der Waals surface area contributed by atoms with Crippen LogP contribution in [-0.4, -0.2) is 43.4 Å². The van der Waals surface area contributed by atoms with Gasteiger partial charge in [-0.05, 0) is 12.8 Å². The van der Waals surface area contributed by atoms with Gasteiger partial charge in [0.15, 0.2) is 0 Å². The van der Waals surface area contributed by atoms with Crippen molar-refractivity contribution in [1.29, 1.82) is 0 Å². The molecule has 3 N–H and O–H groups in total. The molecule has 2 heterocycles. The van der Waals surface area contributed by atoms with Gasteiger partial charge in [0, 0.05) is 25.6 Å². The maximum Gasteiger partial charge on any atom is 0.243 e. The summed E-state index contributed by atoms with van der Waals surface area (Å²) in [5, 5.41) is 5.61. The summed E-state index contributed by atoms with van der Waals surface area (Å²) in [4.78, 5) is 19.0. The van der Waals surface area contributed by atoms with Gasteiger partial charge in [0.2, 0.25) is 21.9 Å². The number of sulfonamides is 1. The summed E-state index contributed by atoms with van der Waals surface area (Å²) >= 11 is 0. The number of nitrogens with one attached hydrogen (secondary N) is 3. The third-order valence-electron chi connectivity index (χ3n) is 3.06. The number of anilines is 1. The molecule has 0 saturated carbocycles. The van der Waals surface area contributed by atoms with Crippen LogP contribution in [0.1, 0.15) is 26.2 Å². The van der Waals surface area contributed by atoms with Crippen molar-refractivity contribution in [2.24, 2.45) is 0 Å². The van der Waals surface area contributed by atoms with Crippen LogP contribution in [0.2, 0.25) is 0 Å². The molecule has 0 aromatic carbocycles. The molecular formula is C12H19N5O3S. The summed E-state index contributed by atoms with van der Waals surface area (Å²) < 4.78 is 26.9. The zero-order chi connectivity index (χ0) is 15.3. The molecule has 0 aliphatic carbocycles. The second kappa shape index (κ2) is 6.81. The molecule has 0 spiro atoms. The Kier molecular flexibility index (Phi) is 5.07. The molecule has 9 heteroatoms. The fourth-order valence-corrected chi connectivity index (χ4v) is 3.06. The Balaban J connectivity index is 2.00. The van der Waals surface area contributed by atoms with Gasteiger partial charge in [0.1, 0.15) is 4.90 Å². The summed E-state index contributed by atoms with van der Waals surface area (Å²) in [6, 6.07) is -0.300. The van der Waals surface area contributed by atoms with Crippen LogP contribution in [0, 0.1) is 0 Å². The second-order valence-electron chi connectivity index (χ2n) is 4.83. The monoisotopic (exact) mass is 313 g/mol. The second-order valence-corrected chi connectivity index (χ2v) is 6.54. The third-order valence-corrected chi connectivity index (χ3v) is 4.53. The minimum absolute atomic E-state index is 0.0152. The molecular weight excluding hydrogens is 294 g/mol. The Bertz CT molecular complexity index is 577. The zero-order valence-electron chi connectivity index (χ0n) is 11.8. The number of hydrogen-bond donors (Lipinski definition) is 3. The van der Waals surface area contributed by atoms with E-state index in [1.165, 1.54) is 12.4 Å². The van der Waals surface area contributed by atoms with Crippen LogP contribution >= 0.6 is 0 Å². The highest BCUT2D eigenvalue weighted by molar-refractivity contribution is 7.89. The molecule has 0 radical (unpaired) electrons. The lowest BCUT2D eigenvalue weighted by Crippen LogP contribution is -2.47. The normalized spacial score (nSPS) is 19.1. The molecule has 1 aromatic rings. The fraction of sp³-hybridized carbons (Fsp3) is 0.583. The van der Waals surface area contributed by atoms with Crippen molar-refractivity contribution in [2.75, 3.05) is 18.4 Å². The highest BCUT2D eigenvalue weighted by Gasteiger charge is 2.24. The summed E-state index contributed by atoms with van der Waals surface area (Å²) in [5.41, 5.74) is 0. The lowest BCUT2D eigenvalue weighted by molar-refractivity contribution is -0.122. The van der Waals surface area contributed by atoms with Crippen LogP contribution in [0.15, 0.2) is 17.3 Å². The number of carbonyl (C=O) groups is 1. The summed E-state index contributed by atoms with van der Waals surface area (Å²) in [7, 11) is -3.67. The van der Waals surface area contributed by atoms with E-state index < -0.39 is 10.0 Å². The topological polar surface area (TPSA) is 113 Å². The van der Waals surface area contributed by atoms with Crippen molar-refractivity contribution < 1.29 is 13.2 Å². The Hall–Kier alpha value is -1.74. The van der Waals surface area contributed by atoms with E-state index in [1.807, 2.05) is 6.92 Å². The van der Waals surface area contributed by atoms with Crippen molar-refractivity contribution in [2.45, 2.75) is 37.1 Å². The molecule has 1 aromatic heterocycles. The molecule has 1 unspecified atom stereocenters. The van der Waals surface area contributed by atoms with Crippen molar-refractivity contribution in [3.63, 3.8) is 0 Å². The number of hydrogen-bond acceptors (Lipinski definition) is 6. The van der Waals surface area contributed by atoms with Gasteiger partial charge in [-0.3, -0.25) is 4.79 Å². The fourth-order valence-electron chi connectivity index (χ4n) is 1.90. The average molecular weight is 313 g/mol. The van der Waals surface area contributed by atoms with E-state index in [2.05, 4.69) is 25.3 Å². The number of amides is 1. The molecule has 1 aliphatic heterocycles. The van der Waals surface area contributed by atoms with E-state index in [1.54, 1.807) is 0 Å². The van der Waals surface area contributed by atoms with Crippen LogP contribution in [0.4, 0.5) is 5.95 Å². The maximum absolute atomic E-state index is 12.2. The van der Waals surface area contributed by atoms with Crippen molar-refractivity contribution in [3.05, 3.63) is 12.4 Å². The van der Waals surface area contributed by atoms with E-state index in [0.29, 0.717) is 25.3 Å². The summed E-state index contributed by atoms with van der Waals surface area (Å²) in [6.07, 6.45) is 4.29. The van der Waals surface area contributed by atoms with E-state index in [9.17, 15) is 13.2 Å². The average Bonchev–Trinajstić information content (AvgIpc) is 2.48. The Morgan fingerprint density at radius 2 is 2.10 bits per heavy atom. The minimum Gasteiger partial charge on any atom is -0.355 e. The van der Waals surface area contributed by atoms with Gasteiger partial charge in [0.25, 0.3) is 0 Å². The summed E-state index contributed by atoms with van der Waals surface area (Å²) in [6.45, 7) is 3.04. The first-order valence-corrected chi connectivity index (χ1v) is 8.34. The molecule has 1 amide bonds. The van der Waals surface area contributed by atoms with E-state index in [4.69, 9.17) is 0 Å². The first-order chi connectivity index (χ1) is 10.0. The van der Waals surface area contributed by atoms with Crippen LogP contribution < -0.4 is 15.4 Å². The highest BCUT2D eigenvalue weighted by atomic mass is 32.2. The Labute approximate surface area is 123 Å². The standard InChI is InChI=1S/C12H19N5O3S/c1-2-5-13-12-15-7-10(8-16-12)21(19,20)17-9-3-4-11(18)14-6-9/h7-9,17H,2-6H2,1H3,(H,14,18)(H,13,15,16). The molecule has 0 bridgehead atoms. The predicted octanol–water partition coefficient (Wildman–Crippen LogP) is -0.145. The van der Waals surface area contributed by atoms with Gasteiger partial charge in [0.05, 0.1) is 12.4 Å². The lowest BCUT2D eigenvalue weighted by Gasteiger charge is -2.23. The van der Waals surface area contributed by atoms with Crippen molar-refractivity contribution in [3.8, 4) is 0 Å². The first-order valence-electron chi connectivity index (χ1n) is 6.86. The number of carbonyl (C=O) groups excluding carboxylic acids is 1. The SMILES string of the molecule is CCCNc1ncc(S(=O)(=O)NC2CCC(=O)NC2)cn1. The Morgan fingerprint density at radius 1 is 1.38 bits per heavy atom. The molecule has 116 valence electrons. The van der Waals surface area contributed by atoms with Gasteiger partial charge >= 0.3 is 0 Å². The maximum atomic E-state index is 12.2. The quantitative estimate of drug-likeness (QED) is 0.673. The van der Waals surface area contributed by atoms with Gasteiger partial charge in [-0.2, -0.15) is 0 Å². The first kappa shape index (κ1) is 15.6. The molecule has 21 heavy (non-hydrogen) atoms. The molecule has 1 saturated heterocycles. The lowest BCUT2D eigenvalue weighted by atomic mass is 10.1. The van der Waals surface area contributed by atoms with Gasteiger partial charge < -0.3 is 10.6 Å². The van der Waals surface area contributed by atoms with Crippen molar-refractivity contribution >= 4 is 21.9 Å². The van der Waals surface area contributed by atoms with Crippen LogP contribution in [-0.2, 0) is 14.8 Å². The predicted molar refractivity (Wildman–Crippen MR) is 77.2 cm³/mol. The minimum atomic E-state index is -3.67. The van der Waals surface area contributed by atoms with E-state index in [0.717, 1.165) is 13.0 Å². The van der Waals surface area contributed by atoms with Gasteiger partial charge in [-0.15, -0.1) is 0 Å². The molecule has 1 atom stereocenters. The number of piperidine rings is 1. The number of aromatic nitrogens is 2.